The highest BCUT2D eigenvalue weighted by Gasteiger charge is 2.24. The Hall–Kier alpha value is -1.49. The molecular weight excluding hydrogens is 366 g/mol. The molecule has 0 N–H and O–H groups in total. The average molecular weight is 388 g/mol. The number of nitrogens with zero attached hydrogens (tertiary/aromatic N) is 1. The first-order valence-electron chi connectivity index (χ1n) is 9.10. The minimum atomic E-state index is 0.157. The Kier molecular flexibility index (Phi) is 5.53. The van der Waals surface area contributed by atoms with Crippen molar-refractivity contribution in [1.29, 1.82) is 0 Å². The summed E-state index contributed by atoms with van der Waals surface area (Å²) < 4.78 is 5.61. The van der Waals surface area contributed by atoms with Crippen molar-refractivity contribution >= 4 is 29.1 Å². The van der Waals surface area contributed by atoms with Gasteiger partial charge in [0.15, 0.2) is 11.5 Å². The molecule has 26 heavy (non-hydrogen) atoms. The average Bonchev–Trinajstić information content (AvgIpc) is 3.16. The number of carbonyl (C=O) groups excluding carboxylic acids is 1. The van der Waals surface area contributed by atoms with Gasteiger partial charge in [0, 0.05) is 30.8 Å². The molecule has 1 saturated heterocycles. The van der Waals surface area contributed by atoms with E-state index < -0.39 is 0 Å². The molecule has 2 aromatic rings. The van der Waals surface area contributed by atoms with E-state index in [1.807, 2.05) is 6.07 Å². The molecule has 0 aliphatic carbocycles. The van der Waals surface area contributed by atoms with Crippen LogP contribution < -0.4 is 4.74 Å². The summed E-state index contributed by atoms with van der Waals surface area (Å²) in [5.41, 5.74) is 2.10. The number of likely N-dealkylation sites (tertiary alicyclic amines) is 1. The van der Waals surface area contributed by atoms with Crippen LogP contribution >= 0.6 is 23.4 Å². The standard InChI is InChI=1S/C21H22ClNO2S/c22-18-12-17(13-20-21(18)25-10-11-26-20)19(24)7-9-23-8-6-16(14-23)15-4-2-1-3-5-15/h1-5,12-13,16H,6-11,14H2. The summed E-state index contributed by atoms with van der Waals surface area (Å²) in [6.07, 6.45) is 1.69. The van der Waals surface area contributed by atoms with Gasteiger partial charge in [-0.1, -0.05) is 41.9 Å². The molecule has 2 aliphatic rings. The van der Waals surface area contributed by atoms with Gasteiger partial charge in [-0.2, -0.15) is 0 Å². The Morgan fingerprint density at radius 1 is 1.27 bits per heavy atom. The van der Waals surface area contributed by atoms with Crippen molar-refractivity contribution in [3.8, 4) is 5.75 Å². The first-order valence-corrected chi connectivity index (χ1v) is 10.5. The molecule has 0 radical (unpaired) electrons. The zero-order chi connectivity index (χ0) is 17.9. The maximum Gasteiger partial charge on any atom is 0.164 e. The predicted octanol–water partition coefficient (Wildman–Crippen LogP) is 4.89. The third-order valence-corrected chi connectivity index (χ3v) is 6.38. The van der Waals surface area contributed by atoms with Crippen molar-refractivity contribution in [3.63, 3.8) is 0 Å². The Bertz CT molecular complexity index is 796. The smallest absolute Gasteiger partial charge is 0.164 e. The lowest BCUT2D eigenvalue weighted by molar-refractivity contribution is 0.0968. The fraction of sp³-hybridized carbons (Fsp3) is 0.381. The molecule has 0 amide bonds. The van der Waals surface area contributed by atoms with E-state index in [-0.39, 0.29) is 5.78 Å². The van der Waals surface area contributed by atoms with Gasteiger partial charge in [-0.25, -0.2) is 0 Å². The van der Waals surface area contributed by atoms with Crippen molar-refractivity contribution in [2.75, 3.05) is 32.0 Å². The van der Waals surface area contributed by atoms with Crippen molar-refractivity contribution in [3.05, 3.63) is 58.6 Å². The highest BCUT2D eigenvalue weighted by molar-refractivity contribution is 7.99. The molecule has 1 unspecified atom stereocenters. The molecule has 3 nitrogen and oxygen atoms in total. The Morgan fingerprint density at radius 2 is 2.12 bits per heavy atom. The first kappa shape index (κ1) is 17.9. The van der Waals surface area contributed by atoms with E-state index in [1.165, 1.54) is 5.56 Å². The van der Waals surface area contributed by atoms with Gasteiger partial charge < -0.3 is 9.64 Å². The molecule has 2 aliphatic heterocycles. The third-order valence-electron chi connectivity index (χ3n) is 5.12. The van der Waals surface area contributed by atoms with Gasteiger partial charge in [0.25, 0.3) is 0 Å². The van der Waals surface area contributed by atoms with Crippen LogP contribution in [0.1, 0.15) is 34.7 Å². The van der Waals surface area contributed by atoms with E-state index in [0.29, 0.717) is 29.5 Å². The Labute approximate surface area is 163 Å². The lowest BCUT2D eigenvalue weighted by Gasteiger charge is -2.19. The van der Waals surface area contributed by atoms with Crippen LogP contribution in [0.2, 0.25) is 5.02 Å². The third kappa shape index (κ3) is 3.93. The number of thioether (sulfide) groups is 1. The van der Waals surface area contributed by atoms with Crippen LogP contribution in [-0.2, 0) is 0 Å². The minimum absolute atomic E-state index is 0.157. The van der Waals surface area contributed by atoms with Gasteiger partial charge in [-0.05, 0) is 36.6 Å². The van der Waals surface area contributed by atoms with Crippen LogP contribution in [0.5, 0.6) is 5.75 Å². The number of hydrogen-bond donors (Lipinski definition) is 0. The Morgan fingerprint density at radius 3 is 2.96 bits per heavy atom. The molecule has 4 rings (SSSR count). The number of ether oxygens (including phenoxy) is 1. The summed E-state index contributed by atoms with van der Waals surface area (Å²) in [4.78, 5) is 16.0. The number of rotatable bonds is 5. The number of hydrogen-bond acceptors (Lipinski definition) is 4. The van der Waals surface area contributed by atoms with E-state index in [4.69, 9.17) is 16.3 Å². The van der Waals surface area contributed by atoms with Crippen molar-refractivity contribution in [2.24, 2.45) is 0 Å². The summed E-state index contributed by atoms with van der Waals surface area (Å²) in [5.74, 6) is 2.36. The van der Waals surface area contributed by atoms with Gasteiger partial charge in [0.05, 0.1) is 16.5 Å². The second-order valence-electron chi connectivity index (χ2n) is 6.85. The van der Waals surface area contributed by atoms with E-state index in [9.17, 15) is 4.79 Å². The van der Waals surface area contributed by atoms with Crippen LogP contribution in [-0.4, -0.2) is 42.7 Å². The summed E-state index contributed by atoms with van der Waals surface area (Å²) in [5, 5.41) is 0.545. The molecule has 0 bridgehead atoms. The maximum atomic E-state index is 12.7. The van der Waals surface area contributed by atoms with E-state index in [0.717, 1.165) is 42.5 Å². The SMILES string of the molecule is O=C(CCN1CCC(c2ccccc2)C1)c1cc(Cl)c2c(c1)SCCO2. The number of halogens is 1. The molecule has 2 heterocycles. The molecule has 136 valence electrons. The van der Waals surface area contributed by atoms with Gasteiger partial charge in [-0.3, -0.25) is 4.79 Å². The Balaban J connectivity index is 1.35. The summed E-state index contributed by atoms with van der Waals surface area (Å²) in [6.45, 7) is 3.57. The first-order chi connectivity index (χ1) is 12.7. The van der Waals surface area contributed by atoms with Crippen LogP contribution in [0.25, 0.3) is 0 Å². The molecular formula is C21H22ClNO2S. The number of carbonyl (C=O) groups is 1. The molecule has 0 spiro atoms. The van der Waals surface area contributed by atoms with E-state index in [2.05, 4.69) is 35.2 Å². The number of ketones is 1. The fourth-order valence-corrected chi connectivity index (χ4v) is 4.94. The largest absolute Gasteiger partial charge is 0.490 e. The van der Waals surface area contributed by atoms with Gasteiger partial charge in [0.2, 0.25) is 0 Å². The van der Waals surface area contributed by atoms with Crippen LogP contribution in [0.4, 0.5) is 0 Å². The molecule has 2 aromatic carbocycles. The van der Waals surface area contributed by atoms with Crippen molar-refractivity contribution in [2.45, 2.75) is 23.7 Å². The molecule has 0 aromatic heterocycles. The quantitative estimate of drug-likeness (QED) is 0.683. The van der Waals surface area contributed by atoms with Crippen molar-refractivity contribution < 1.29 is 9.53 Å². The molecule has 5 heteroatoms. The zero-order valence-electron chi connectivity index (χ0n) is 14.6. The summed E-state index contributed by atoms with van der Waals surface area (Å²) >= 11 is 8.01. The second-order valence-corrected chi connectivity index (χ2v) is 8.40. The van der Waals surface area contributed by atoms with Crippen LogP contribution in [0.3, 0.4) is 0 Å². The van der Waals surface area contributed by atoms with Gasteiger partial charge >= 0.3 is 0 Å². The van der Waals surface area contributed by atoms with Crippen LogP contribution in [0.15, 0.2) is 47.4 Å². The summed E-state index contributed by atoms with van der Waals surface area (Å²) in [7, 11) is 0. The summed E-state index contributed by atoms with van der Waals surface area (Å²) in [6, 6.07) is 14.4. The lowest BCUT2D eigenvalue weighted by atomic mass is 9.99. The normalized spacial score (nSPS) is 19.8. The molecule has 0 saturated carbocycles. The van der Waals surface area contributed by atoms with Crippen LogP contribution in [0, 0.1) is 0 Å². The van der Waals surface area contributed by atoms with E-state index >= 15 is 0 Å². The predicted molar refractivity (Wildman–Crippen MR) is 107 cm³/mol. The van der Waals surface area contributed by atoms with Gasteiger partial charge in [-0.15, -0.1) is 11.8 Å². The van der Waals surface area contributed by atoms with Crippen molar-refractivity contribution in [1.82, 2.24) is 4.90 Å². The fourth-order valence-electron chi connectivity index (χ4n) is 3.71. The highest BCUT2D eigenvalue weighted by Crippen LogP contribution is 2.40. The number of benzene rings is 2. The number of fused-ring (bicyclic) bond motifs is 1. The van der Waals surface area contributed by atoms with Gasteiger partial charge in [0.1, 0.15) is 0 Å². The highest BCUT2D eigenvalue weighted by atomic mass is 35.5. The topological polar surface area (TPSA) is 29.5 Å². The maximum absolute atomic E-state index is 12.7. The molecule has 1 atom stereocenters. The zero-order valence-corrected chi connectivity index (χ0v) is 16.2. The lowest BCUT2D eigenvalue weighted by Crippen LogP contribution is -2.23. The van der Waals surface area contributed by atoms with E-state index in [1.54, 1.807) is 17.8 Å². The number of Topliss-reactive ketones (excluding diaryl/α,β-unsaturated/α-hetero) is 1. The second kappa shape index (κ2) is 8.03. The molecule has 1 fully saturated rings. The monoisotopic (exact) mass is 387 g/mol. The minimum Gasteiger partial charge on any atom is -0.490 e.